The third-order valence-corrected chi connectivity index (χ3v) is 19.1. The molecule has 9 heterocycles. The van der Waals surface area contributed by atoms with Gasteiger partial charge in [-0.25, -0.2) is 0 Å². The number of para-hydroxylation sites is 4. The molecule has 0 atom stereocenters. The Morgan fingerprint density at radius 3 is 1.08 bits per heavy atom. The topological polar surface area (TPSA) is 116 Å². The van der Waals surface area contributed by atoms with Crippen LogP contribution >= 0.6 is 0 Å². The largest absolute Gasteiger partial charge is 0.256 e. The minimum atomic E-state index is 0.981. The van der Waals surface area contributed by atoms with E-state index in [1.54, 1.807) is 0 Å². The average Bonchev–Trinajstić information content (AvgIpc) is 0.789. The van der Waals surface area contributed by atoms with Crippen molar-refractivity contribution in [3.63, 3.8) is 0 Å². The zero-order valence-electron chi connectivity index (χ0n) is 87.7. The van der Waals surface area contributed by atoms with E-state index in [0.717, 1.165) is 71.5 Å². The molecule has 0 saturated carbocycles. The summed E-state index contributed by atoms with van der Waals surface area (Å²) in [5, 5.41) is 23.3. The van der Waals surface area contributed by atoms with Gasteiger partial charge in [0.25, 0.3) is 0 Å². The molecule has 0 N–H and O–H groups in total. The van der Waals surface area contributed by atoms with Crippen molar-refractivity contribution in [3.8, 4) is 0 Å². The fourth-order valence-corrected chi connectivity index (χ4v) is 13.7. The molecule has 9 heteroatoms. The van der Waals surface area contributed by atoms with E-state index in [1.807, 2.05) is 293 Å². The number of fused-ring (bicyclic) bond motifs is 21. The van der Waals surface area contributed by atoms with Crippen LogP contribution in [0.3, 0.4) is 0 Å². The van der Waals surface area contributed by atoms with Crippen LogP contribution in [0.2, 0.25) is 0 Å². The van der Waals surface area contributed by atoms with E-state index >= 15 is 0 Å². The number of benzene rings is 12. The molecule has 21 aromatic rings. The predicted molar refractivity (Wildman–Crippen MR) is 602 cm³/mol. The van der Waals surface area contributed by atoms with E-state index in [0.29, 0.717) is 0 Å². The van der Waals surface area contributed by atoms with Gasteiger partial charge in [-0.2, -0.15) is 0 Å². The number of hydrogen-bond donors (Lipinski definition) is 0. The first-order valence-electron chi connectivity index (χ1n) is 49.3. The summed E-state index contributed by atoms with van der Waals surface area (Å²) in [6.45, 7) is 70.6. The van der Waals surface area contributed by atoms with Gasteiger partial charge in [-0.05, 0) is 152 Å². The fourth-order valence-electron chi connectivity index (χ4n) is 13.7. The average molecular weight is 1780 g/mol. The summed E-state index contributed by atoms with van der Waals surface area (Å²) in [5.74, 6) is 0. The first kappa shape index (κ1) is 118. The van der Waals surface area contributed by atoms with Gasteiger partial charge in [-0.1, -0.05) is 429 Å². The fraction of sp³-hybridized carbons (Fsp3) is 0.282. The standard InChI is InChI=1S/5C14H11N.2C13H10N2.14C2H6/c1-10-5-4-7-11-12-6-2-3-8-14(12)15-9-13(10)11;1-10-5-4-8-13-12-7-3-2-6-11(12)9-15-14(10)13;1-10-6-7-12-11(8-10)9-15-14-5-3-2-4-13(12)14;1-10-6-7-11-9-15-14-5-3-2-4-12(14)13(11)8-10;1-10-6-7-12-9-8-11-4-2-3-5-13(11)14(12)15-10;1-9-6-8-15-13-11(9)5-4-10-3-2-7-14-12(10)13;1-9-7-11-5-4-10-3-2-6-14-12(10)13(11)15-8-9;14*1-2/h5*2-9H,1H3;2*2-8H,1H3;14*1-2H3. The Bertz CT molecular complexity index is 6180. The summed E-state index contributed by atoms with van der Waals surface area (Å²) in [5.41, 5.74) is 17.9. The Balaban J connectivity index is 0.000000742. The maximum Gasteiger partial charge on any atom is 0.0967 e. The molecule has 0 saturated heterocycles. The van der Waals surface area contributed by atoms with Crippen LogP contribution in [0.1, 0.15) is 233 Å². The molecule has 0 spiro atoms. The van der Waals surface area contributed by atoms with Crippen LogP contribution in [0.25, 0.3) is 152 Å². The molecule has 0 bridgehead atoms. The number of pyridine rings is 9. The highest BCUT2D eigenvalue weighted by Gasteiger charge is 2.09. The maximum absolute atomic E-state index is 4.60. The van der Waals surface area contributed by atoms with E-state index in [2.05, 4.69) is 323 Å². The summed E-state index contributed by atoms with van der Waals surface area (Å²) < 4.78 is 0. The SMILES string of the molecule is CC.CC.CC.CC.CC.CC.CC.CC.CC.CC.CC.CC.CC.CC.Cc1ccc2c(cnc3ccccc32)c1.Cc1ccc2ccc3ccccc3c2n1.Cc1ccc2cnc3ccccc3c2c1.Cc1cccc2c1cnc1ccccc12.Cc1cccc2c1ncc1ccccc12.Cc1ccnc2c1ccc1cccnc12.Cc1cnc2c(ccc3cccnc32)c1. The van der Waals surface area contributed by atoms with Crippen molar-refractivity contribution in [1.82, 2.24) is 44.9 Å². The Labute approximate surface area is 801 Å². The zero-order valence-corrected chi connectivity index (χ0v) is 87.7. The van der Waals surface area contributed by atoms with Crippen molar-refractivity contribution in [2.45, 2.75) is 242 Å². The predicted octanol–water partition coefficient (Wildman–Crippen LogP) is 39.0. The molecule has 0 radical (unpaired) electrons. The second-order valence-corrected chi connectivity index (χ2v) is 26.6. The van der Waals surface area contributed by atoms with Crippen LogP contribution < -0.4 is 0 Å². The second kappa shape index (κ2) is 68.7. The molecule has 0 aliphatic rings. The van der Waals surface area contributed by atoms with Gasteiger partial charge in [0.1, 0.15) is 0 Å². The highest BCUT2D eigenvalue weighted by atomic mass is 14.7. The molecule has 700 valence electrons. The summed E-state index contributed by atoms with van der Waals surface area (Å²) in [4.78, 5) is 40.1. The van der Waals surface area contributed by atoms with Crippen molar-refractivity contribution in [2.75, 3.05) is 0 Å². The quantitative estimate of drug-likeness (QED) is 0.137. The van der Waals surface area contributed by atoms with Gasteiger partial charge in [0.05, 0.1) is 49.7 Å². The molecule has 133 heavy (non-hydrogen) atoms. The molecule has 9 aromatic heterocycles. The van der Waals surface area contributed by atoms with Crippen molar-refractivity contribution < 1.29 is 0 Å². The summed E-state index contributed by atoms with van der Waals surface area (Å²) in [6, 6.07) is 96.3. The van der Waals surface area contributed by atoms with Crippen molar-refractivity contribution in [1.29, 1.82) is 0 Å². The van der Waals surface area contributed by atoms with E-state index in [1.165, 1.54) is 120 Å². The lowest BCUT2D eigenvalue weighted by molar-refractivity contribution is 1.26. The van der Waals surface area contributed by atoms with Crippen molar-refractivity contribution in [2.24, 2.45) is 0 Å². The Kier molecular flexibility index (Phi) is 60.7. The van der Waals surface area contributed by atoms with Gasteiger partial charge in [-0.15, -0.1) is 0 Å². The number of rotatable bonds is 0. The number of aromatic nitrogens is 9. The van der Waals surface area contributed by atoms with E-state index in [-0.39, 0.29) is 0 Å². The molecule has 0 aliphatic carbocycles. The molecule has 0 unspecified atom stereocenters. The molecule has 12 aromatic carbocycles. The van der Waals surface area contributed by atoms with Gasteiger partial charge in [0.15, 0.2) is 0 Å². The van der Waals surface area contributed by atoms with Gasteiger partial charge < -0.3 is 0 Å². The lowest BCUT2D eigenvalue weighted by atomic mass is 10.0. The molecule has 0 amide bonds. The van der Waals surface area contributed by atoms with Crippen LogP contribution in [0, 0.1) is 48.5 Å². The number of nitrogens with zero attached hydrogens (tertiary/aromatic N) is 9. The molecular weight excluding hydrogens is 1620 g/mol. The first-order valence-corrected chi connectivity index (χ1v) is 49.3. The summed E-state index contributed by atoms with van der Waals surface area (Å²) >= 11 is 0. The van der Waals surface area contributed by atoms with E-state index in [4.69, 9.17) is 0 Å². The highest BCUT2D eigenvalue weighted by molar-refractivity contribution is 6.10. The van der Waals surface area contributed by atoms with Gasteiger partial charge in [0.2, 0.25) is 0 Å². The highest BCUT2D eigenvalue weighted by Crippen LogP contribution is 2.31. The summed E-state index contributed by atoms with van der Waals surface area (Å²) in [6.07, 6.45) is 15.1. The van der Waals surface area contributed by atoms with Gasteiger partial charge >= 0.3 is 0 Å². The van der Waals surface area contributed by atoms with Gasteiger partial charge in [-0.3, -0.25) is 44.9 Å². The van der Waals surface area contributed by atoms with Crippen LogP contribution in [0.5, 0.6) is 0 Å². The Hall–Kier alpha value is -13.4. The third-order valence-electron chi connectivity index (χ3n) is 19.1. The smallest absolute Gasteiger partial charge is 0.0967 e. The maximum atomic E-state index is 4.60. The van der Waals surface area contributed by atoms with Crippen LogP contribution in [-0.4, -0.2) is 44.9 Å². The Morgan fingerprint density at radius 2 is 0.496 bits per heavy atom. The van der Waals surface area contributed by atoms with Crippen LogP contribution in [0.15, 0.2) is 329 Å². The molecule has 9 nitrogen and oxygen atoms in total. The molecule has 0 fully saturated rings. The normalized spacial score (nSPS) is 9.32. The lowest BCUT2D eigenvalue weighted by Crippen LogP contribution is -1.86. The van der Waals surface area contributed by atoms with Crippen molar-refractivity contribution in [3.05, 3.63) is 368 Å². The van der Waals surface area contributed by atoms with E-state index < -0.39 is 0 Å². The first-order chi connectivity index (χ1) is 65.5. The second-order valence-electron chi connectivity index (χ2n) is 26.6. The Morgan fingerprint density at radius 1 is 0.150 bits per heavy atom. The third kappa shape index (κ3) is 33.2. The monoisotopic (exact) mass is 1770 g/mol. The van der Waals surface area contributed by atoms with Gasteiger partial charge in [0, 0.05) is 131 Å². The minimum absolute atomic E-state index is 0.981. The molecule has 0 aliphatic heterocycles. The minimum Gasteiger partial charge on any atom is -0.256 e. The number of hydrogen-bond acceptors (Lipinski definition) is 9. The molecular formula is C124H159N9. The zero-order chi connectivity index (χ0) is 99.8. The molecule has 21 rings (SSSR count). The number of aryl methyl sites for hydroxylation is 7. The van der Waals surface area contributed by atoms with E-state index in [9.17, 15) is 0 Å². The van der Waals surface area contributed by atoms with Crippen molar-refractivity contribution >= 4 is 152 Å². The van der Waals surface area contributed by atoms with Crippen LogP contribution in [-0.2, 0) is 0 Å². The summed E-state index contributed by atoms with van der Waals surface area (Å²) in [7, 11) is 0. The van der Waals surface area contributed by atoms with Crippen LogP contribution in [0.4, 0.5) is 0 Å². The lowest BCUT2D eigenvalue weighted by Gasteiger charge is -2.04.